The van der Waals surface area contributed by atoms with Gasteiger partial charge >= 0.3 is 0 Å². The lowest BCUT2D eigenvalue weighted by Gasteiger charge is -2.07. The van der Waals surface area contributed by atoms with E-state index in [2.05, 4.69) is 12.2 Å². The molecule has 1 amide bonds. The van der Waals surface area contributed by atoms with Gasteiger partial charge in [-0.15, -0.1) is 0 Å². The Bertz CT molecular complexity index is 1030. The molecular formula is C22H22N2O6. The number of hydrogen-bond donors (Lipinski definition) is 1. The summed E-state index contributed by atoms with van der Waals surface area (Å²) in [6.45, 7) is 2.28. The molecule has 0 saturated heterocycles. The maximum atomic E-state index is 12.4. The highest BCUT2D eigenvalue weighted by molar-refractivity contribution is 6.03. The van der Waals surface area contributed by atoms with Crippen LogP contribution in [-0.2, 0) is 13.0 Å². The zero-order chi connectivity index (χ0) is 21.5. The summed E-state index contributed by atoms with van der Waals surface area (Å²) in [7, 11) is 1.41. The number of nitro benzene ring substituents is 1. The number of rotatable bonds is 9. The van der Waals surface area contributed by atoms with E-state index in [1.54, 1.807) is 6.07 Å². The van der Waals surface area contributed by atoms with E-state index >= 15 is 0 Å². The zero-order valence-corrected chi connectivity index (χ0v) is 16.7. The van der Waals surface area contributed by atoms with E-state index in [4.69, 9.17) is 13.9 Å². The van der Waals surface area contributed by atoms with Crippen molar-refractivity contribution in [2.45, 2.75) is 26.4 Å². The number of nitro groups is 1. The molecule has 0 fully saturated rings. The van der Waals surface area contributed by atoms with Gasteiger partial charge in [-0.3, -0.25) is 14.9 Å². The highest BCUT2D eigenvalue weighted by atomic mass is 16.6. The average molecular weight is 410 g/mol. The molecule has 156 valence electrons. The molecule has 0 unspecified atom stereocenters. The van der Waals surface area contributed by atoms with Crippen LogP contribution in [0, 0.1) is 10.1 Å². The summed E-state index contributed by atoms with van der Waals surface area (Å²) in [5.74, 6) is 0.906. The van der Waals surface area contributed by atoms with E-state index < -0.39 is 10.8 Å². The zero-order valence-electron chi connectivity index (χ0n) is 16.7. The molecule has 8 nitrogen and oxygen atoms in total. The minimum absolute atomic E-state index is 0.0250. The first-order valence-corrected chi connectivity index (χ1v) is 9.44. The summed E-state index contributed by atoms with van der Waals surface area (Å²) >= 11 is 0. The first-order chi connectivity index (χ1) is 14.5. The van der Waals surface area contributed by atoms with Crippen LogP contribution in [0.2, 0.25) is 0 Å². The highest BCUT2D eigenvalue weighted by Gasteiger charge is 2.19. The number of ether oxygens (including phenoxy) is 2. The Labute approximate surface area is 173 Å². The Morgan fingerprint density at radius 2 is 1.83 bits per heavy atom. The Hall–Kier alpha value is -3.81. The van der Waals surface area contributed by atoms with Gasteiger partial charge in [-0.05, 0) is 48.4 Å². The monoisotopic (exact) mass is 410 g/mol. The molecular weight excluding hydrogens is 388 g/mol. The molecule has 1 aromatic heterocycles. The minimum Gasteiger partial charge on any atom is -0.496 e. The van der Waals surface area contributed by atoms with Crippen molar-refractivity contribution in [2.75, 3.05) is 12.4 Å². The van der Waals surface area contributed by atoms with Crippen LogP contribution in [0.15, 0.2) is 59.0 Å². The van der Waals surface area contributed by atoms with Crippen LogP contribution in [0.4, 0.5) is 11.4 Å². The predicted octanol–water partition coefficient (Wildman–Crippen LogP) is 4.98. The molecule has 0 aliphatic carbocycles. The number of carbonyl (C=O) groups excluding carboxylic acids is 1. The van der Waals surface area contributed by atoms with Crippen LogP contribution in [0.1, 0.15) is 35.2 Å². The van der Waals surface area contributed by atoms with Gasteiger partial charge in [-0.1, -0.05) is 25.5 Å². The summed E-state index contributed by atoms with van der Waals surface area (Å²) in [5.41, 5.74) is 1.02. The number of carbonyl (C=O) groups is 1. The summed E-state index contributed by atoms with van der Waals surface area (Å²) in [6, 6.07) is 15.1. The van der Waals surface area contributed by atoms with Gasteiger partial charge in [0.2, 0.25) is 0 Å². The fraction of sp³-hybridized carbons (Fsp3) is 0.227. The molecule has 0 radical (unpaired) electrons. The lowest BCUT2D eigenvalue weighted by Crippen LogP contribution is -2.12. The molecule has 0 aliphatic rings. The van der Waals surface area contributed by atoms with E-state index in [-0.39, 0.29) is 23.7 Å². The van der Waals surface area contributed by atoms with Crippen LogP contribution >= 0.6 is 0 Å². The molecule has 0 aliphatic heterocycles. The quantitative estimate of drug-likeness (QED) is 0.394. The fourth-order valence-electron chi connectivity index (χ4n) is 2.85. The average Bonchev–Trinajstić information content (AvgIpc) is 3.23. The third kappa shape index (κ3) is 5.16. The largest absolute Gasteiger partial charge is 0.496 e. The normalized spacial score (nSPS) is 10.5. The van der Waals surface area contributed by atoms with Gasteiger partial charge in [-0.2, -0.15) is 0 Å². The Morgan fingerprint density at radius 1 is 1.10 bits per heavy atom. The number of amides is 1. The number of nitrogens with zero attached hydrogens (tertiary/aromatic N) is 1. The molecule has 0 atom stereocenters. The van der Waals surface area contributed by atoms with Gasteiger partial charge in [0.05, 0.1) is 18.1 Å². The van der Waals surface area contributed by atoms with Crippen LogP contribution in [-0.4, -0.2) is 17.9 Å². The molecule has 0 spiro atoms. The van der Waals surface area contributed by atoms with E-state index in [0.29, 0.717) is 17.3 Å². The molecule has 2 aromatic carbocycles. The molecule has 3 rings (SSSR count). The van der Waals surface area contributed by atoms with Crippen molar-refractivity contribution in [3.05, 3.63) is 81.8 Å². The standard InChI is InChI=1S/C22H22N2O6/c1-3-4-15-5-7-16(8-6-15)29-14-18-10-12-21(30-18)22(25)23-19-11-9-17(28-2)13-20(19)24(26)27/h5-13H,3-4,14H2,1-2H3,(H,23,25). The lowest BCUT2D eigenvalue weighted by molar-refractivity contribution is -0.384. The van der Waals surface area contributed by atoms with Crippen LogP contribution in [0.5, 0.6) is 11.5 Å². The van der Waals surface area contributed by atoms with Gasteiger partial charge in [-0.25, -0.2) is 0 Å². The summed E-state index contributed by atoms with van der Waals surface area (Å²) < 4.78 is 16.2. The Kier molecular flexibility index (Phi) is 6.69. The summed E-state index contributed by atoms with van der Waals surface area (Å²) in [4.78, 5) is 23.1. The molecule has 3 aromatic rings. The number of hydrogen-bond acceptors (Lipinski definition) is 6. The van der Waals surface area contributed by atoms with Crippen LogP contribution in [0.25, 0.3) is 0 Å². The number of furan rings is 1. The van der Waals surface area contributed by atoms with Gasteiger partial charge in [0, 0.05) is 0 Å². The van der Waals surface area contributed by atoms with Crippen molar-refractivity contribution < 1.29 is 23.6 Å². The Morgan fingerprint density at radius 3 is 2.50 bits per heavy atom. The van der Waals surface area contributed by atoms with Gasteiger partial charge in [0.25, 0.3) is 11.6 Å². The smallest absolute Gasteiger partial charge is 0.296 e. The van der Waals surface area contributed by atoms with Crippen molar-refractivity contribution in [1.82, 2.24) is 0 Å². The summed E-state index contributed by atoms with van der Waals surface area (Å²) in [6.07, 6.45) is 2.10. The molecule has 0 saturated carbocycles. The van der Waals surface area contributed by atoms with Crippen molar-refractivity contribution >= 4 is 17.3 Å². The second kappa shape index (κ2) is 9.60. The fourth-order valence-corrected chi connectivity index (χ4v) is 2.85. The first kappa shape index (κ1) is 20.9. The van der Waals surface area contributed by atoms with Crippen molar-refractivity contribution in [2.24, 2.45) is 0 Å². The number of anilines is 1. The Balaban J connectivity index is 1.63. The highest BCUT2D eigenvalue weighted by Crippen LogP contribution is 2.29. The van der Waals surface area contributed by atoms with E-state index in [9.17, 15) is 14.9 Å². The second-order valence-corrected chi connectivity index (χ2v) is 6.54. The number of nitrogens with one attached hydrogen (secondary N) is 1. The second-order valence-electron chi connectivity index (χ2n) is 6.54. The van der Waals surface area contributed by atoms with E-state index in [1.165, 1.54) is 36.9 Å². The van der Waals surface area contributed by atoms with Gasteiger partial charge in [0.1, 0.15) is 29.6 Å². The predicted molar refractivity (Wildman–Crippen MR) is 111 cm³/mol. The van der Waals surface area contributed by atoms with E-state index in [1.807, 2.05) is 24.3 Å². The number of benzene rings is 2. The number of aryl methyl sites for hydroxylation is 1. The molecule has 1 N–H and O–H groups in total. The maximum Gasteiger partial charge on any atom is 0.296 e. The first-order valence-electron chi connectivity index (χ1n) is 9.44. The summed E-state index contributed by atoms with van der Waals surface area (Å²) in [5, 5.41) is 13.7. The van der Waals surface area contributed by atoms with Crippen LogP contribution in [0.3, 0.4) is 0 Å². The van der Waals surface area contributed by atoms with Crippen molar-refractivity contribution in [3.8, 4) is 11.5 Å². The molecule has 8 heteroatoms. The molecule has 0 bridgehead atoms. The maximum absolute atomic E-state index is 12.4. The van der Waals surface area contributed by atoms with Crippen molar-refractivity contribution in [1.29, 1.82) is 0 Å². The topological polar surface area (TPSA) is 104 Å². The lowest BCUT2D eigenvalue weighted by atomic mass is 10.1. The SMILES string of the molecule is CCCc1ccc(OCc2ccc(C(=O)Nc3ccc(OC)cc3[N+](=O)[O-])o2)cc1. The number of methoxy groups -OCH3 is 1. The minimum atomic E-state index is -0.599. The van der Waals surface area contributed by atoms with Crippen molar-refractivity contribution in [3.63, 3.8) is 0 Å². The molecule has 30 heavy (non-hydrogen) atoms. The third-order valence-electron chi connectivity index (χ3n) is 4.38. The van der Waals surface area contributed by atoms with E-state index in [0.717, 1.165) is 12.8 Å². The van der Waals surface area contributed by atoms with Gasteiger partial charge in [0.15, 0.2) is 5.76 Å². The molecule has 1 heterocycles. The third-order valence-corrected chi connectivity index (χ3v) is 4.38. The van der Waals surface area contributed by atoms with Gasteiger partial charge < -0.3 is 19.2 Å². The van der Waals surface area contributed by atoms with Crippen LogP contribution < -0.4 is 14.8 Å².